The Kier molecular flexibility index (Phi) is 4.74. The predicted molar refractivity (Wildman–Crippen MR) is 102 cm³/mol. The van der Waals surface area contributed by atoms with E-state index in [0.717, 1.165) is 50.5 Å². The van der Waals surface area contributed by atoms with Crippen molar-refractivity contribution in [2.45, 2.75) is 44.9 Å². The fourth-order valence-corrected chi connectivity index (χ4v) is 4.47. The Morgan fingerprint density at radius 1 is 1.12 bits per heavy atom. The van der Waals surface area contributed by atoms with Crippen LogP contribution >= 0.6 is 0 Å². The average Bonchev–Trinajstić information content (AvgIpc) is 3.45. The van der Waals surface area contributed by atoms with Gasteiger partial charge < -0.3 is 10.2 Å². The zero-order valence-electron chi connectivity index (χ0n) is 15.7. The summed E-state index contributed by atoms with van der Waals surface area (Å²) in [5.74, 6) is 1.12. The molecule has 2 heterocycles. The summed E-state index contributed by atoms with van der Waals surface area (Å²) in [5, 5.41) is 2.85. The molecule has 140 valence electrons. The lowest BCUT2D eigenvalue weighted by atomic mass is 9.77. The summed E-state index contributed by atoms with van der Waals surface area (Å²) in [6.07, 6.45) is 5.27. The Bertz CT molecular complexity index is 673. The topological polar surface area (TPSA) is 52.7 Å². The summed E-state index contributed by atoms with van der Waals surface area (Å²) in [6.45, 7) is 5.53. The molecule has 3 aliphatic rings. The second-order valence-corrected chi connectivity index (χ2v) is 8.08. The van der Waals surface area contributed by atoms with E-state index in [-0.39, 0.29) is 17.2 Å². The second kappa shape index (κ2) is 7.03. The lowest BCUT2D eigenvalue weighted by Crippen LogP contribution is -2.47. The Morgan fingerprint density at radius 2 is 1.77 bits per heavy atom. The van der Waals surface area contributed by atoms with Crippen LogP contribution in [0.3, 0.4) is 0 Å². The number of hydrogen-bond donors (Lipinski definition) is 1. The van der Waals surface area contributed by atoms with Gasteiger partial charge in [-0.05, 0) is 75.7 Å². The number of anilines is 1. The molecular formula is C21H29N3O2. The number of likely N-dealkylation sites (tertiary alicyclic amines) is 1. The molecule has 26 heavy (non-hydrogen) atoms. The van der Waals surface area contributed by atoms with Crippen molar-refractivity contribution in [3.8, 4) is 0 Å². The molecule has 1 saturated carbocycles. The van der Waals surface area contributed by atoms with Crippen LogP contribution in [0.4, 0.5) is 5.69 Å². The number of benzene rings is 1. The Morgan fingerprint density at radius 3 is 2.38 bits per heavy atom. The fraction of sp³-hybridized carbons (Fsp3) is 0.619. The molecule has 1 spiro atoms. The van der Waals surface area contributed by atoms with E-state index in [1.807, 2.05) is 11.8 Å². The number of piperidine rings is 1. The van der Waals surface area contributed by atoms with E-state index >= 15 is 0 Å². The first kappa shape index (κ1) is 17.5. The van der Waals surface area contributed by atoms with Crippen molar-refractivity contribution in [2.75, 3.05) is 37.6 Å². The first-order chi connectivity index (χ1) is 12.6. The van der Waals surface area contributed by atoms with Crippen molar-refractivity contribution in [1.82, 2.24) is 10.2 Å². The summed E-state index contributed by atoms with van der Waals surface area (Å²) in [7, 11) is 0. The number of carbonyl (C=O) groups excluding carboxylic acids is 2. The molecule has 2 amide bonds. The minimum atomic E-state index is -0.215. The quantitative estimate of drug-likeness (QED) is 0.883. The molecule has 1 aromatic rings. The van der Waals surface area contributed by atoms with Crippen LogP contribution in [0.1, 0.15) is 50.5 Å². The Labute approximate surface area is 155 Å². The van der Waals surface area contributed by atoms with Gasteiger partial charge in [-0.2, -0.15) is 0 Å². The van der Waals surface area contributed by atoms with Gasteiger partial charge in [-0.1, -0.05) is 12.1 Å². The maximum absolute atomic E-state index is 13.2. The normalized spacial score (nSPS) is 22.8. The molecule has 2 saturated heterocycles. The number of nitrogens with one attached hydrogen (secondary N) is 1. The number of nitrogens with zero attached hydrogens (tertiary/aromatic N) is 2. The van der Waals surface area contributed by atoms with Gasteiger partial charge in [0.1, 0.15) is 0 Å². The molecule has 0 bridgehead atoms. The predicted octanol–water partition coefficient (Wildman–Crippen LogP) is 2.52. The van der Waals surface area contributed by atoms with Crippen LogP contribution in [0.2, 0.25) is 0 Å². The van der Waals surface area contributed by atoms with Gasteiger partial charge >= 0.3 is 0 Å². The van der Waals surface area contributed by atoms with E-state index in [9.17, 15) is 9.59 Å². The van der Waals surface area contributed by atoms with Crippen molar-refractivity contribution >= 4 is 17.5 Å². The minimum absolute atomic E-state index is 0.0820. The average molecular weight is 355 g/mol. The minimum Gasteiger partial charge on any atom is -0.355 e. The standard InChI is InChI=1S/C21H29N3O2/c1-2-22-19(25)15-23-12-9-21(10-13-23)11-14-24(20(21)26)18-7-5-17(6-8-18)16-3-4-16/h5-8,16H,2-4,9-15H2,1H3,(H,22,25). The van der Waals surface area contributed by atoms with E-state index in [0.29, 0.717) is 13.1 Å². The molecule has 1 aliphatic carbocycles. The van der Waals surface area contributed by atoms with Crippen molar-refractivity contribution in [1.29, 1.82) is 0 Å². The first-order valence-corrected chi connectivity index (χ1v) is 10.0. The maximum Gasteiger partial charge on any atom is 0.234 e. The molecule has 0 aromatic heterocycles. The Balaban J connectivity index is 1.37. The zero-order valence-corrected chi connectivity index (χ0v) is 15.7. The SMILES string of the molecule is CCNC(=O)CN1CCC2(CC1)CCN(c1ccc(C3CC3)cc1)C2=O. The molecule has 0 atom stereocenters. The summed E-state index contributed by atoms with van der Waals surface area (Å²) in [4.78, 5) is 29.1. The van der Waals surface area contributed by atoms with Crippen molar-refractivity contribution in [3.05, 3.63) is 29.8 Å². The van der Waals surface area contributed by atoms with E-state index in [1.165, 1.54) is 18.4 Å². The summed E-state index contributed by atoms with van der Waals surface area (Å²) >= 11 is 0. The third-order valence-electron chi connectivity index (χ3n) is 6.32. The monoisotopic (exact) mass is 355 g/mol. The van der Waals surface area contributed by atoms with Crippen molar-refractivity contribution < 1.29 is 9.59 Å². The number of rotatable bonds is 5. The number of hydrogen-bond acceptors (Lipinski definition) is 3. The molecule has 5 nitrogen and oxygen atoms in total. The summed E-state index contributed by atoms with van der Waals surface area (Å²) < 4.78 is 0. The molecule has 5 heteroatoms. The second-order valence-electron chi connectivity index (χ2n) is 8.08. The highest BCUT2D eigenvalue weighted by molar-refractivity contribution is 6.00. The Hall–Kier alpha value is -1.88. The fourth-order valence-electron chi connectivity index (χ4n) is 4.47. The van der Waals surface area contributed by atoms with Gasteiger partial charge in [0.15, 0.2) is 0 Å². The highest BCUT2D eigenvalue weighted by atomic mass is 16.2. The largest absolute Gasteiger partial charge is 0.355 e. The zero-order chi connectivity index (χ0) is 18.1. The molecule has 3 fully saturated rings. The molecule has 4 rings (SSSR count). The van der Waals surface area contributed by atoms with Gasteiger partial charge in [-0.3, -0.25) is 14.5 Å². The number of amides is 2. The van der Waals surface area contributed by atoms with Crippen LogP contribution in [0.15, 0.2) is 24.3 Å². The van der Waals surface area contributed by atoms with Gasteiger partial charge in [0, 0.05) is 18.8 Å². The highest BCUT2D eigenvalue weighted by Crippen LogP contribution is 2.44. The van der Waals surface area contributed by atoms with E-state index in [2.05, 4.69) is 34.5 Å². The van der Waals surface area contributed by atoms with Gasteiger partial charge in [0.25, 0.3) is 0 Å². The molecule has 1 N–H and O–H groups in total. The van der Waals surface area contributed by atoms with Crippen molar-refractivity contribution in [3.63, 3.8) is 0 Å². The van der Waals surface area contributed by atoms with Crippen molar-refractivity contribution in [2.24, 2.45) is 5.41 Å². The van der Waals surface area contributed by atoms with E-state index in [1.54, 1.807) is 0 Å². The molecule has 0 radical (unpaired) electrons. The van der Waals surface area contributed by atoms with Gasteiger partial charge in [-0.25, -0.2) is 0 Å². The van der Waals surface area contributed by atoms with Crippen LogP contribution in [0.5, 0.6) is 0 Å². The lowest BCUT2D eigenvalue weighted by Gasteiger charge is -2.37. The number of likely N-dealkylation sites (N-methyl/N-ethyl adjacent to an activating group) is 1. The molecular weight excluding hydrogens is 326 g/mol. The maximum atomic E-state index is 13.2. The lowest BCUT2D eigenvalue weighted by molar-refractivity contribution is -0.128. The number of carbonyl (C=O) groups is 2. The van der Waals surface area contributed by atoms with Crippen LogP contribution < -0.4 is 10.2 Å². The van der Waals surface area contributed by atoms with E-state index < -0.39 is 0 Å². The van der Waals surface area contributed by atoms with Crippen LogP contribution in [0.25, 0.3) is 0 Å². The molecule has 1 aromatic carbocycles. The van der Waals surface area contributed by atoms with Crippen LogP contribution in [0, 0.1) is 5.41 Å². The highest BCUT2D eigenvalue weighted by Gasteiger charge is 2.48. The summed E-state index contributed by atoms with van der Waals surface area (Å²) in [5.41, 5.74) is 2.24. The van der Waals surface area contributed by atoms with Gasteiger partial charge in [0.05, 0.1) is 12.0 Å². The van der Waals surface area contributed by atoms with Crippen LogP contribution in [-0.2, 0) is 9.59 Å². The smallest absolute Gasteiger partial charge is 0.234 e. The van der Waals surface area contributed by atoms with Crippen LogP contribution in [-0.4, -0.2) is 49.4 Å². The summed E-state index contributed by atoms with van der Waals surface area (Å²) in [6, 6.07) is 8.63. The molecule has 2 aliphatic heterocycles. The van der Waals surface area contributed by atoms with Gasteiger partial charge in [-0.15, -0.1) is 0 Å². The first-order valence-electron chi connectivity index (χ1n) is 10.0. The third kappa shape index (κ3) is 3.37. The third-order valence-corrected chi connectivity index (χ3v) is 6.32. The van der Waals surface area contributed by atoms with E-state index in [4.69, 9.17) is 0 Å². The van der Waals surface area contributed by atoms with Gasteiger partial charge in [0.2, 0.25) is 11.8 Å². The molecule has 0 unspecified atom stereocenters.